The van der Waals surface area contributed by atoms with E-state index in [9.17, 15) is 14.2 Å². The molecule has 0 spiro atoms. The van der Waals surface area contributed by atoms with E-state index in [2.05, 4.69) is 4.74 Å². The van der Waals surface area contributed by atoms with E-state index in [0.29, 0.717) is 23.9 Å². The van der Waals surface area contributed by atoms with Crippen molar-refractivity contribution in [3.05, 3.63) is 0 Å². The Hall–Kier alpha value is -0.880. The van der Waals surface area contributed by atoms with Gasteiger partial charge in [-0.05, 0) is 0 Å². The topological polar surface area (TPSA) is 78.9 Å². The Balaban J connectivity index is 3.80. The zero-order chi connectivity index (χ0) is 14.9. The third-order valence-electron chi connectivity index (χ3n) is 2.05. The van der Waals surface area contributed by atoms with Crippen LogP contribution in [0.1, 0.15) is 6.92 Å². The van der Waals surface area contributed by atoms with Gasteiger partial charge in [0, 0.05) is 11.5 Å². The van der Waals surface area contributed by atoms with E-state index in [-0.39, 0.29) is 13.2 Å². The number of hydrogen-bond acceptors (Lipinski definition) is 6. The predicted molar refractivity (Wildman–Crippen MR) is 68.6 cm³/mol. The molecule has 0 saturated carbocycles. The molecule has 0 aliphatic carbocycles. The van der Waals surface area contributed by atoms with Crippen molar-refractivity contribution in [1.82, 2.24) is 0 Å². The number of carbonyl (C=O) groups excluding carboxylic acids is 2. The standard InChI is InChI=1S/C11H22NO6P/c1-10(14)16-8-11(7-13)9-18-19(15)17-6-5-12(2,3)4/h7,11H,5-6,8-9H2,1-4H3/q+2. The zero-order valence-electron chi connectivity index (χ0n) is 11.8. The molecule has 0 N–H and O–H groups in total. The number of nitrogens with zero attached hydrogens (tertiary/aromatic N) is 1. The molecule has 0 aliphatic heterocycles. The highest BCUT2D eigenvalue weighted by Gasteiger charge is 2.25. The molecule has 0 saturated heterocycles. The molecule has 0 amide bonds. The largest absolute Gasteiger partial charge is 0.697 e. The molecule has 110 valence electrons. The van der Waals surface area contributed by atoms with E-state index in [1.54, 1.807) is 0 Å². The van der Waals surface area contributed by atoms with Gasteiger partial charge in [0.2, 0.25) is 0 Å². The van der Waals surface area contributed by atoms with Crippen LogP contribution in [0.3, 0.4) is 0 Å². The third-order valence-corrected chi connectivity index (χ3v) is 2.80. The maximum Gasteiger partial charge on any atom is 0.697 e. The average molecular weight is 295 g/mol. The molecule has 0 bridgehead atoms. The molecule has 0 aromatic carbocycles. The first kappa shape index (κ1) is 18.1. The van der Waals surface area contributed by atoms with Crippen LogP contribution in [0.2, 0.25) is 0 Å². The summed E-state index contributed by atoms with van der Waals surface area (Å²) in [5.74, 6) is -1.11. The molecule has 0 radical (unpaired) electrons. The molecule has 7 nitrogen and oxygen atoms in total. The van der Waals surface area contributed by atoms with Crippen LogP contribution < -0.4 is 0 Å². The van der Waals surface area contributed by atoms with Gasteiger partial charge in [0.1, 0.15) is 26.0 Å². The second kappa shape index (κ2) is 9.09. The van der Waals surface area contributed by atoms with Gasteiger partial charge in [-0.15, -0.1) is 9.05 Å². The fourth-order valence-electron chi connectivity index (χ4n) is 0.934. The summed E-state index contributed by atoms with van der Waals surface area (Å²) in [6.07, 6.45) is 0.595. The Morgan fingerprint density at radius 3 is 2.37 bits per heavy atom. The highest BCUT2D eigenvalue weighted by molar-refractivity contribution is 7.33. The molecule has 0 aliphatic rings. The molecule has 0 aromatic rings. The Labute approximate surface area is 114 Å². The first-order chi connectivity index (χ1) is 8.74. The summed E-state index contributed by atoms with van der Waals surface area (Å²) >= 11 is 0. The fourth-order valence-corrected chi connectivity index (χ4v) is 1.55. The highest BCUT2D eigenvalue weighted by atomic mass is 31.1. The maximum absolute atomic E-state index is 11.4. The number of esters is 1. The third kappa shape index (κ3) is 11.9. The van der Waals surface area contributed by atoms with E-state index in [4.69, 9.17) is 9.05 Å². The first-order valence-electron chi connectivity index (χ1n) is 5.87. The minimum atomic E-state index is -2.26. The highest BCUT2D eigenvalue weighted by Crippen LogP contribution is 2.24. The van der Waals surface area contributed by atoms with E-state index < -0.39 is 20.1 Å². The molecule has 2 unspecified atom stereocenters. The summed E-state index contributed by atoms with van der Waals surface area (Å²) in [5, 5.41) is 0. The Morgan fingerprint density at radius 1 is 1.26 bits per heavy atom. The predicted octanol–water partition coefficient (Wildman–Crippen LogP) is 0.761. The Bertz CT molecular complexity index is 315. The lowest BCUT2D eigenvalue weighted by atomic mass is 10.2. The second-order valence-electron chi connectivity index (χ2n) is 5.07. The smallest absolute Gasteiger partial charge is 0.465 e. The summed E-state index contributed by atoms with van der Waals surface area (Å²) in [4.78, 5) is 21.2. The molecule has 8 heteroatoms. The number of rotatable bonds is 10. The molecule has 0 aromatic heterocycles. The monoisotopic (exact) mass is 295 g/mol. The SMILES string of the molecule is CC(=O)OCC(C=O)CO[P+](=O)OCC[N+](C)(C)C. The number of ether oxygens (including phenoxy) is 1. The van der Waals surface area contributed by atoms with Crippen molar-refractivity contribution in [3.63, 3.8) is 0 Å². The van der Waals surface area contributed by atoms with Crippen LogP contribution in [0.4, 0.5) is 0 Å². The molecular weight excluding hydrogens is 273 g/mol. The number of quaternary nitrogens is 1. The summed E-state index contributed by atoms with van der Waals surface area (Å²) in [7, 11) is 3.70. The van der Waals surface area contributed by atoms with Crippen LogP contribution in [0, 0.1) is 5.92 Å². The van der Waals surface area contributed by atoms with Crippen molar-refractivity contribution in [2.45, 2.75) is 6.92 Å². The van der Waals surface area contributed by atoms with Gasteiger partial charge in [-0.3, -0.25) is 4.79 Å². The lowest BCUT2D eigenvalue weighted by Crippen LogP contribution is -2.37. The molecular formula is C11H22NO6P+2. The lowest BCUT2D eigenvalue weighted by molar-refractivity contribution is -0.870. The van der Waals surface area contributed by atoms with Gasteiger partial charge in [-0.1, -0.05) is 0 Å². The number of hydrogen-bond donors (Lipinski definition) is 0. The van der Waals surface area contributed by atoms with Crippen molar-refractivity contribution in [2.24, 2.45) is 5.92 Å². The van der Waals surface area contributed by atoms with E-state index in [0.717, 1.165) is 0 Å². The van der Waals surface area contributed by atoms with Gasteiger partial charge >= 0.3 is 14.2 Å². The van der Waals surface area contributed by atoms with Crippen molar-refractivity contribution in [2.75, 3.05) is 47.5 Å². The number of aldehydes is 1. The van der Waals surface area contributed by atoms with Crippen molar-refractivity contribution in [1.29, 1.82) is 0 Å². The average Bonchev–Trinajstić information content (AvgIpc) is 2.27. The van der Waals surface area contributed by atoms with Gasteiger partial charge in [0.05, 0.1) is 27.1 Å². The molecule has 0 heterocycles. The van der Waals surface area contributed by atoms with Gasteiger partial charge in [0.15, 0.2) is 6.61 Å². The maximum atomic E-state index is 11.4. The van der Waals surface area contributed by atoms with Crippen molar-refractivity contribution in [3.8, 4) is 0 Å². The van der Waals surface area contributed by atoms with E-state index in [1.807, 2.05) is 21.1 Å². The fraction of sp³-hybridized carbons (Fsp3) is 0.818. The quantitative estimate of drug-likeness (QED) is 0.256. The van der Waals surface area contributed by atoms with Crippen LogP contribution in [-0.2, 0) is 27.9 Å². The zero-order valence-corrected chi connectivity index (χ0v) is 12.7. The molecule has 2 atom stereocenters. The summed E-state index contributed by atoms with van der Waals surface area (Å²) in [5.41, 5.74) is 0. The van der Waals surface area contributed by atoms with E-state index >= 15 is 0 Å². The van der Waals surface area contributed by atoms with Crippen LogP contribution in [0.5, 0.6) is 0 Å². The van der Waals surface area contributed by atoms with Crippen molar-refractivity contribution >= 4 is 20.5 Å². The summed E-state index contributed by atoms with van der Waals surface area (Å²) < 4.78 is 26.6. The number of likely N-dealkylation sites (N-methyl/N-ethyl adjacent to an activating group) is 1. The van der Waals surface area contributed by atoms with Gasteiger partial charge in [-0.25, -0.2) is 0 Å². The minimum Gasteiger partial charge on any atom is -0.465 e. The Morgan fingerprint density at radius 2 is 1.89 bits per heavy atom. The van der Waals surface area contributed by atoms with Gasteiger partial charge in [-0.2, -0.15) is 0 Å². The first-order valence-corrected chi connectivity index (χ1v) is 6.96. The molecule has 19 heavy (non-hydrogen) atoms. The lowest BCUT2D eigenvalue weighted by Gasteiger charge is -2.21. The summed E-state index contributed by atoms with van der Waals surface area (Å²) in [6.45, 7) is 2.05. The second-order valence-corrected chi connectivity index (χ2v) is 6.03. The van der Waals surface area contributed by atoms with Crippen LogP contribution >= 0.6 is 8.25 Å². The number of carbonyl (C=O) groups is 2. The Kier molecular flexibility index (Phi) is 8.67. The van der Waals surface area contributed by atoms with E-state index in [1.165, 1.54) is 6.92 Å². The van der Waals surface area contributed by atoms with Crippen LogP contribution in [0.25, 0.3) is 0 Å². The van der Waals surface area contributed by atoms with Crippen molar-refractivity contribution < 1.29 is 32.4 Å². The van der Waals surface area contributed by atoms with Crippen LogP contribution in [0.15, 0.2) is 0 Å². The molecule has 0 rings (SSSR count). The molecule has 0 fully saturated rings. The normalized spacial score (nSPS) is 13.8. The van der Waals surface area contributed by atoms with Crippen LogP contribution in [-0.4, -0.2) is 64.2 Å². The summed E-state index contributed by atoms with van der Waals surface area (Å²) in [6, 6.07) is 0. The van der Waals surface area contributed by atoms with Gasteiger partial charge in [0.25, 0.3) is 0 Å². The van der Waals surface area contributed by atoms with Gasteiger partial charge < -0.3 is 14.0 Å². The minimum absolute atomic E-state index is 0.0825.